The molecule has 0 bridgehead atoms. The van der Waals surface area contributed by atoms with E-state index in [0.29, 0.717) is 29.5 Å². The Balaban J connectivity index is 1.54. The predicted molar refractivity (Wildman–Crippen MR) is 92.2 cm³/mol. The van der Waals surface area contributed by atoms with Crippen molar-refractivity contribution in [3.8, 4) is 5.75 Å². The van der Waals surface area contributed by atoms with Crippen LogP contribution in [0.5, 0.6) is 5.75 Å². The molecule has 0 radical (unpaired) electrons. The summed E-state index contributed by atoms with van der Waals surface area (Å²) in [4.78, 5) is 2.25. The van der Waals surface area contributed by atoms with E-state index >= 15 is 0 Å². The zero-order valence-electron chi connectivity index (χ0n) is 12.7. The molecule has 0 spiro atoms. The Labute approximate surface area is 145 Å². The predicted octanol–water partition coefficient (Wildman–Crippen LogP) is 2.94. The summed E-state index contributed by atoms with van der Waals surface area (Å²) < 4.78 is 34.3. The summed E-state index contributed by atoms with van der Waals surface area (Å²) in [6.07, 6.45) is 0.773. The van der Waals surface area contributed by atoms with Crippen LogP contribution in [0, 0.1) is 0 Å². The van der Waals surface area contributed by atoms with Crippen LogP contribution in [0.3, 0.4) is 0 Å². The maximum absolute atomic E-state index is 12.2. The molecule has 4 rings (SSSR count). The third kappa shape index (κ3) is 2.76. The van der Waals surface area contributed by atoms with E-state index in [1.54, 1.807) is 30.3 Å². The van der Waals surface area contributed by atoms with Gasteiger partial charge in [-0.1, -0.05) is 29.8 Å². The molecule has 2 aromatic carbocycles. The van der Waals surface area contributed by atoms with Crippen LogP contribution in [0.15, 0.2) is 57.8 Å². The molecular weight excluding hydrogens is 348 g/mol. The zero-order valence-corrected chi connectivity index (χ0v) is 14.3. The fourth-order valence-corrected chi connectivity index (χ4v) is 4.47. The van der Waals surface area contributed by atoms with Gasteiger partial charge in [0.05, 0.1) is 6.54 Å². The number of hydrogen-bond acceptors (Lipinski definition) is 4. The van der Waals surface area contributed by atoms with E-state index in [4.69, 9.17) is 16.3 Å². The van der Waals surface area contributed by atoms with E-state index in [1.165, 1.54) is 0 Å². The Morgan fingerprint density at radius 1 is 1.17 bits per heavy atom. The molecule has 124 valence electrons. The van der Waals surface area contributed by atoms with Crippen molar-refractivity contribution in [3.63, 3.8) is 0 Å². The van der Waals surface area contributed by atoms with Crippen LogP contribution in [0.2, 0.25) is 5.02 Å². The van der Waals surface area contributed by atoms with Gasteiger partial charge in [-0.25, -0.2) is 0 Å². The highest BCUT2D eigenvalue weighted by Crippen LogP contribution is 2.30. The average molecular weight is 363 g/mol. The first-order valence-electron chi connectivity index (χ1n) is 7.64. The molecule has 2 aliphatic heterocycles. The van der Waals surface area contributed by atoms with Crippen LogP contribution in [-0.2, 0) is 10.0 Å². The van der Waals surface area contributed by atoms with E-state index in [9.17, 15) is 8.42 Å². The molecule has 0 N–H and O–H groups in total. The lowest BCUT2D eigenvalue weighted by molar-refractivity contribution is 0.214. The Morgan fingerprint density at radius 2 is 2.00 bits per heavy atom. The summed E-state index contributed by atoms with van der Waals surface area (Å²) >= 11 is 5.97. The number of fused-ring (bicyclic) bond motifs is 1. The normalized spacial score (nSPS) is 21.5. The smallest absolute Gasteiger partial charge is 0.285 e. The molecule has 1 fully saturated rings. The number of halogens is 1. The van der Waals surface area contributed by atoms with E-state index in [-0.39, 0.29) is 11.0 Å². The van der Waals surface area contributed by atoms with Gasteiger partial charge in [-0.15, -0.1) is 4.40 Å². The second kappa shape index (κ2) is 5.79. The van der Waals surface area contributed by atoms with Gasteiger partial charge < -0.3 is 9.64 Å². The Bertz CT molecular complexity index is 927. The van der Waals surface area contributed by atoms with Crippen molar-refractivity contribution < 1.29 is 13.2 Å². The van der Waals surface area contributed by atoms with Crippen molar-refractivity contribution in [2.45, 2.75) is 17.4 Å². The summed E-state index contributed by atoms with van der Waals surface area (Å²) in [5.41, 5.74) is 0.668. The second-order valence-electron chi connectivity index (χ2n) is 5.82. The van der Waals surface area contributed by atoms with Crippen LogP contribution in [0.25, 0.3) is 0 Å². The number of ether oxygens (including phenoxy) is 1. The fourth-order valence-electron chi connectivity index (χ4n) is 3.07. The highest BCUT2D eigenvalue weighted by molar-refractivity contribution is 7.90. The minimum absolute atomic E-state index is 0.0263. The molecule has 0 saturated carbocycles. The second-order valence-corrected chi connectivity index (χ2v) is 7.83. The summed E-state index contributed by atoms with van der Waals surface area (Å²) in [6, 6.07) is 14.2. The first-order valence-corrected chi connectivity index (χ1v) is 9.46. The first kappa shape index (κ1) is 15.5. The number of sulfonamides is 1. The third-order valence-corrected chi connectivity index (χ3v) is 5.72. The van der Waals surface area contributed by atoms with Crippen LogP contribution >= 0.6 is 11.6 Å². The molecule has 0 amide bonds. The maximum atomic E-state index is 12.2. The van der Waals surface area contributed by atoms with E-state index in [2.05, 4.69) is 4.40 Å². The van der Waals surface area contributed by atoms with Gasteiger partial charge in [-0.2, -0.15) is 8.42 Å². The monoisotopic (exact) mass is 362 g/mol. The Hall–Kier alpha value is -2.05. The lowest BCUT2D eigenvalue weighted by Gasteiger charge is -2.19. The van der Waals surface area contributed by atoms with Crippen molar-refractivity contribution in [2.75, 3.05) is 13.1 Å². The number of benzene rings is 2. The molecule has 0 aromatic heterocycles. The molecule has 24 heavy (non-hydrogen) atoms. The van der Waals surface area contributed by atoms with Crippen molar-refractivity contribution >= 4 is 27.5 Å². The van der Waals surface area contributed by atoms with Crippen molar-refractivity contribution in [1.82, 2.24) is 4.90 Å². The quantitative estimate of drug-likeness (QED) is 0.824. The molecule has 2 aliphatic rings. The summed E-state index contributed by atoms with van der Waals surface area (Å²) in [5, 5.41) is 0.627. The van der Waals surface area contributed by atoms with Gasteiger partial charge in [0.25, 0.3) is 10.0 Å². The van der Waals surface area contributed by atoms with Crippen molar-refractivity contribution in [3.05, 3.63) is 59.1 Å². The number of amidine groups is 1. The van der Waals surface area contributed by atoms with Crippen LogP contribution in [-0.4, -0.2) is 38.3 Å². The van der Waals surface area contributed by atoms with Gasteiger partial charge in [0.15, 0.2) is 5.84 Å². The summed E-state index contributed by atoms with van der Waals surface area (Å²) in [5.74, 6) is 1.23. The molecule has 1 atom stereocenters. The lowest BCUT2D eigenvalue weighted by atomic mass is 10.2. The van der Waals surface area contributed by atoms with Gasteiger partial charge in [0, 0.05) is 23.6 Å². The molecule has 0 aliphatic carbocycles. The molecule has 7 heteroatoms. The van der Waals surface area contributed by atoms with Crippen LogP contribution in [0.1, 0.15) is 12.0 Å². The number of rotatable bonds is 2. The topological polar surface area (TPSA) is 59.0 Å². The molecular formula is C17H15ClN2O3S. The van der Waals surface area contributed by atoms with E-state index in [1.807, 2.05) is 23.1 Å². The van der Waals surface area contributed by atoms with Gasteiger partial charge in [0.1, 0.15) is 16.7 Å². The maximum Gasteiger partial charge on any atom is 0.285 e. The minimum atomic E-state index is -3.59. The Kier molecular flexibility index (Phi) is 3.73. The van der Waals surface area contributed by atoms with Gasteiger partial charge >= 0.3 is 0 Å². The van der Waals surface area contributed by atoms with Crippen LogP contribution < -0.4 is 4.74 Å². The SMILES string of the molecule is O=S1(=O)N=C(N2CCC(Oc3cccc(Cl)c3)C2)c2ccccc21. The highest BCUT2D eigenvalue weighted by atomic mass is 35.5. The Morgan fingerprint density at radius 3 is 2.83 bits per heavy atom. The minimum Gasteiger partial charge on any atom is -0.488 e. The number of hydrogen-bond donors (Lipinski definition) is 0. The van der Waals surface area contributed by atoms with Gasteiger partial charge in [-0.3, -0.25) is 0 Å². The van der Waals surface area contributed by atoms with Crippen molar-refractivity contribution in [2.24, 2.45) is 4.40 Å². The summed E-state index contributed by atoms with van der Waals surface area (Å²) in [7, 11) is -3.59. The van der Waals surface area contributed by atoms with E-state index < -0.39 is 10.0 Å². The molecule has 2 heterocycles. The molecule has 5 nitrogen and oxygen atoms in total. The van der Waals surface area contributed by atoms with Crippen molar-refractivity contribution in [1.29, 1.82) is 0 Å². The molecule has 1 saturated heterocycles. The summed E-state index contributed by atoms with van der Waals surface area (Å²) in [6.45, 7) is 1.29. The molecule has 2 aromatic rings. The molecule has 1 unspecified atom stereocenters. The van der Waals surface area contributed by atoms with E-state index in [0.717, 1.165) is 12.2 Å². The number of nitrogens with zero attached hydrogens (tertiary/aromatic N) is 2. The third-order valence-electron chi connectivity index (χ3n) is 4.16. The van der Waals surface area contributed by atoms with Crippen LogP contribution in [0.4, 0.5) is 0 Å². The zero-order chi connectivity index (χ0) is 16.7. The standard InChI is InChI=1S/C17H15ClN2O3S/c18-12-4-3-5-13(10-12)23-14-8-9-20(11-14)17-15-6-1-2-7-16(15)24(21,22)19-17/h1-7,10,14H,8-9,11H2. The lowest BCUT2D eigenvalue weighted by Crippen LogP contribution is -2.30. The van der Waals surface area contributed by atoms with Gasteiger partial charge in [-0.05, 0) is 30.3 Å². The fraction of sp³-hybridized carbons (Fsp3) is 0.235. The first-order chi connectivity index (χ1) is 11.5. The highest BCUT2D eigenvalue weighted by Gasteiger charge is 2.35. The van der Waals surface area contributed by atoms with Gasteiger partial charge in [0.2, 0.25) is 0 Å². The average Bonchev–Trinajstić information content (AvgIpc) is 3.11. The largest absolute Gasteiger partial charge is 0.488 e. The number of likely N-dealkylation sites (tertiary alicyclic amines) is 1.